The zero-order valence-corrected chi connectivity index (χ0v) is 3.87. The fourth-order valence-corrected chi connectivity index (χ4v) is 0. The van der Waals surface area contributed by atoms with Gasteiger partial charge in [0.2, 0.25) is 0 Å². The van der Waals surface area contributed by atoms with E-state index in [4.69, 9.17) is 10.4 Å². The fraction of sp³-hybridized carbons (Fsp3) is 0. The standard InChI is InChI=1S/C3H4O2.FHO2/c1-2-3(4)5;1-3-2/h2H,1H2,(H,4,5);2H. The summed E-state index contributed by atoms with van der Waals surface area (Å²) in [6.45, 7) is 2.96. The van der Waals surface area contributed by atoms with Crippen molar-refractivity contribution in [3.05, 3.63) is 12.7 Å². The molecule has 8 heavy (non-hydrogen) atoms. The highest BCUT2D eigenvalue weighted by Gasteiger charge is 1.73. The molecule has 0 heterocycles. The molecule has 0 fully saturated rings. The van der Waals surface area contributed by atoms with Crippen molar-refractivity contribution in [2.24, 2.45) is 0 Å². The van der Waals surface area contributed by atoms with E-state index in [9.17, 15) is 9.32 Å². The number of carbonyl (C=O) groups is 1. The lowest BCUT2D eigenvalue weighted by molar-refractivity contribution is -0.397. The molecule has 0 aliphatic rings. The van der Waals surface area contributed by atoms with Gasteiger partial charge in [0.1, 0.15) is 0 Å². The maximum Gasteiger partial charge on any atom is 0.327 e. The minimum absolute atomic E-state index is 0.833. The molecule has 0 aromatic heterocycles. The predicted octanol–water partition coefficient (Wildman–Crippen LogP) is 0.617. The minimum atomic E-state index is -0.981. The number of aliphatic carboxylic acids is 1. The van der Waals surface area contributed by atoms with Crippen LogP contribution in [-0.2, 0) is 9.89 Å². The maximum atomic E-state index is 9.35. The summed E-state index contributed by atoms with van der Waals surface area (Å²) < 4.78 is 9.35. The van der Waals surface area contributed by atoms with Gasteiger partial charge in [-0.05, 0) is 9.62 Å². The third-order valence-corrected chi connectivity index (χ3v) is 0.175. The second kappa shape index (κ2) is 9.41. The summed E-state index contributed by atoms with van der Waals surface area (Å²) in [7, 11) is 0. The molecule has 0 saturated heterocycles. The smallest absolute Gasteiger partial charge is 0.327 e. The van der Waals surface area contributed by atoms with E-state index >= 15 is 0 Å². The van der Waals surface area contributed by atoms with Gasteiger partial charge in [-0.15, -0.1) is 0 Å². The molecule has 2 N–H and O–H groups in total. The van der Waals surface area contributed by atoms with Crippen LogP contribution in [0.25, 0.3) is 0 Å². The van der Waals surface area contributed by atoms with Crippen LogP contribution in [0.15, 0.2) is 12.7 Å². The molecule has 0 saturated carbocycles. The first-order valence-corrected chi connectivity index (χ1v) is 1.46. The Hall–Kier alpha value is -0.940. The van der Waals surface area contributed by atoms with Crippen LogP contribution >= 0.6 is 0 Å². The van der Waals surface area contributed by atoms with Gasteiger partial charge in [0, 0.05) is 6.08 Å². The van der Waals surface area contributed by atoms with Crippen molar-refractivity contribution in [3.8, 4) is 0 Å². The summed E-state index contributed by atoms with van der Waals surface area (Å²) >= 11 is 0. The topological polar surface area (TPSA) is 66.8 Å². The molecule has 0 aliphatic carbocycles. The number of carboxylic acids is 1. The molecule has 0 amide bonds. The lowest BCUT2D eigenvalue weighted by atomic mass is 10.7. The number of carboxylic acid groups (broad SMARTS) is 1. The number of halogens is 1. The molecule has 0 aliphatic heterocycles. The van der Waals surface area contributed by atoms with Gasteiger partial charge < -0.3 is 5.11 Å². The number of hydrogen-bond donors (Lipinski definition) is 2. The molecule has 0 aromatic carbocycles. The molecule has 0 radical (unpaired) electrons. The second-order valence-corrected chi connectivity index (χ2v) is 0.611. The van der Waals surface area contributed by atoms with Crippen molar-refractivity contribution in [2.75, 3.05) is 0 Å². The van der Waals surface area contributed by atoms with Crippen molar-refractivity contribution < 1.29 is 24.8 Å². The van der Waals surface area contributed by atoms with Crippen LogP contribution in [0.4, 0.5) is 4.53 Å². The predicted molar refractivity (Wildman–Crippen MR) is 22.7 cm³/mol. The molecular weight excluding hydrogens is 119 g/mol. The Morgan fingerprint density at radius 1 is 1.88 bits per heavy atom. The van der Waals surface area contributed by atoms with Gasteiger partial charge in [0.25, 0.3) is 0 Å². The first-order valence-electron chi connectivity index (χ1n) is 1.46. The monoisotopic (exact) mass is 124 g/mol. The van der Waals surface area contributed by atoms with E-state index in [2.05, 4.69) is 6.58 Å². The quantitative estimate of drug-likeness (QED) is 0.305. The van der Waals surface area contributed by atoms with E-state index in [0.717, 1.165) is 6.08 Å². The molecule has 0 atom stereocenters. The Morgan fingerprint density at radius 2 is 2.00 bits per heavy atom. The van der Waals surface area contributed by atoms with E-state index in [-0.39, 0.29) is 0 Å². The average Bonchev–Trinajstić information content (AvgIpc) is 1.69. The molecule has 0 spiro atoms. The average molecular weight is 124 g/mol. The SMILES string of the molecule is C=CC(=O)O.OOF. The van der Waals surface area contributed by atoms with Crippen LogP contribution in [0.5, 0.6) is 0 Å². The highest BCUT2D eigenvalue weighted by Crippen LogP contribution is 1.54. The molecule has 0 bridgehead atoms. The van der Waals surface area contributed by atoms with Crippen molar-refractivity contribution in [1.29, 1.82) is 0 Å². The molecule has 0 rings (SSSR count). The molecule has 0 aromatic rings. The van der Waals surface area contributed by atoms with Gasteiger partial charge in [-0.1, -0.05) is 6.58 Å². The summed E-state index contributed by atoms with van der Waals surface area (Å²) in [5, 5.41) is 15.8. The Kier molecular flexibility index (Phi) is 11.9. The third kappa shape index (κ3) is 74.2. The van der Waals surface area contributed by atoms with Gasteiger partial charge in [0.05, 0.1) is 0 Å². The van der Waals surface area contributed by atoms with E-state index in [1.165, 1.54) is 0 Å². The lowest BCUT2D eigenvalue weighted by Crippen LogP contribution is -1.82. The first-order chi connectivity index (χ1) is 3.68. The minimum Gasteiger partial charge on any atom is -0.478 e. The summed E-state index contributed by atoms with van der Waals surface area (Å²) in [5.41, 5.74) is 0. The molecular formula is C3H5FO4. The van der Waals surface area contributed by atoms with Crippen LogP contribution in [0, 0.1) is 0 Å². The number of hydrogen-bond acceptors (Lipinski definition) is 3. The normalized spacial score (nSPS) is 6.25. The Morgan fingerprint density at radius 3 is 2.00 bits per heavy atom. The lowest BCUT2D eigenvalue weighted by Gasteiger charge is -1.64. The van der Waals surface area contributed by atoms with E-state index in [1.807, 2.05) is 0 Å². The van der Waals surface area contributed by atoms with Crippen LogP contribution in [0.2, 0.25) is 0 Å². The second-order valence-electron chi connectivity index (χ2n) is 0.611. The van der Waals surface area contributed by atoms with Crippen molar-refractivity contribution in [2.45, 2.75) is 0 Å². The zero-order chi connectivity index (χ0) is 6.99. The first kappa shape index (κ1) is 10.1. The van der Waals surface area contributed by atoms with Crippen LogP contribution in [0.3, 0.4) is 0 Å². The van der Waals surface area contributed by atoms with Gasteiger partial charge in [0.15, 0.2) is 0 Å². The fourth-order valence-electron chi connectivity index (χ4n) is 0. The Balaban J connectivity index is 0. The van der Waals surface area contributed by atoms with Crippen LogP contribution in [0.1, 0.15) is 0 Å². The largest absolute Gasteiger partial charge is 0.478 e. The maximum absolute atomic E-state index is 9.35. The summed E-state index contributed by atoms with van der Waals surface area (Å²) in [6.07, 6.45) is 0.833. The summed E-state index contributed by atoms with van der Waals surface area (Å²) in [5.74, 6) is -0.981. The van der Waals surface area contributed by atoms with Crippen molar-refractivity contribution in [3.63, 3.8) is 0 Å². The molecule has 5 heteroatoms. The molecule has 0 unspecified atom stereocenters. The highest BCUT2D eigenvalue weighted by molar-refractivity contribution is 5.78. The molecule has 48 valence electrons. The highest BCUT2D eigenvalue weighted by atomic mass is 19.3. The van der Waals surface area contributed by atoms with Crippen molar-refractivity contribution in [1.82, 2.24) is 0 Å². The third-order valence-electron chi connectivity index (χ3n) is 0.175. The zero-order valence-electron chi connectivity index (χ0n) is 3.87. The van der Waals surface area contributed by atoms with Gasteiger partial charge in [-0.2, -0.15) is 0 Å². The van der Waals surface area contributed by atoms with Gasteiger partial charge >= 0.3 is 5.97 Å². The van der Waals surface area contributed by atoms with Crippen LogP contribution in [-0.4, -0.2) is 16.3 Å². The van der Waals surface area contributed by atoms with Crippen LogP contribution < -0.4 is 0 Å². The summed E-state index contributed by atoms with van der Waals surface area (Å²) in [4.78, 5) is 9.25. The van der Waals surface area contributed by atoms with Gasteiger partial charge in [-0.3, -0.25) is 0 Å². The van der Waals surface area contributed by atoms with E-state index < -0.39 is 5.97 Å². The Labute approximate surface area is 44.6 Å². The number of rotatable bonds is 1. The van der Waals surface area contributed by atoms with E-state index in [0.29, 0.717) is 0 Å². The molecule has 4 nitrogen and oxygen atoms in total. The Bertz CT molecular complexity index is 71.7. The van der Waals surface area contributed by atoms with Crippen molar-refractivity contribution >= 4 is 5.97 Å². The van der Waals surface area contributed by atoms with Gasteiger partial charge in [-0.25, -0.2) is 10.1 Å². The summed E-state index contributed by atoms with van der Waals surface area (Å²) in [6, 6.07) is 0. The van der Waals surface area contributed by atoms with E-state index in [1.54, 1.807) is 5.09 Å².